The average molecular weight is 582 g/mol. The average Bonchev–Trinajstić information content (AvgIpc) is 2.84. The molecule has 2 unspecified atom stereocenters. The Morgan fingerprint density at radius 3 is 1.97 bits per heavy atom. The minimum absolute atomic E-state index is 0.00116. The maximum Gasteiger partial charge on any atom is 0.263 e. The van der Waals surface area contributed by atoms with E-state index in [-0.39, 0.29) is 41.0 Å². The molecule has 0 spiro atoms. The van der Waals surface area contributed by atoms with Crippen molar-refractivity contribution >= 4 is 65.5 Å². The van der Waals surface area contributed by atoms with Gasteiger partial charge in [0.15, 0.2) is 4.99 Å². The highest BCUT2D eigenvalue weighted by atomic mass is 32.2. The number of hydrogen-bond donors (Lipinski definition) is 5. The number of nitrogens with one attached hydrogen (secondary N) is 2. The van der Waals surface area contributed by atoms with Crippen LogP contribution in [0.1, 0.15) is 47.0 Å². The van der Waals surface area contributed by atoms with Crippen molar-refractivity contribution in [1.82, 2.24) is 10.6 Å². The quantitative estimate of drug-likeness (QED) is 0.139. The number of amides is 2. The lowest BCUT2D eigenvalue weighted by molar-refractivity contribution is -0.122. The number of allylic oxidation sites excluding steroid dienone is 2. The van der Waals surface area contributed by atoms with Crippen LogP contribution in [0.3, 0.4) is 0 Å². The topological polar surface area (TPSA) is 196 Å². The third kappa shape index (κ3) is 18.1. The largest absolute Gasteiger partial charge is 0.387 e. The first-order chi connectivity index (χ1) is 17.9. The monoisotopic (exact) mass is 581 g/mol. The number of nitrogens with two attached hydrogens (primary N) is 2. The van der Waals surface area contributed by atoms with E-state index in [2.05, 4.69) is 52.1 Å². The summed E-state index contributed by atoms with van der Waals surface area (Å²) in [5, 5.41) is 23.7. The number of rotatable bonds is 5. The lowest BCUT2D eigenvalue weighted by atomic mass is 9.96. The summed E-state index contributed by atoms with van der Waals surface area (Å²) in [6.07, 6.45) is 1.95. The summed E-state index contributed by atoms with van der Waals surface area (Å²) in [5.74, 6) is 0.213. The Kier molecular flexibility index (Phi) is 25.0. The first-order valence-electron chi connectivity index (χ1n) is 11.2. The number of nitriles is 2. The molecule has 0 aliphatic carbocycles. The molecule has 2 rings (SSSR count). The van der Waals surface area contributed by atoms with Crippen LogP contribution in [0.2, 0.25) is 0 Å². The van der Waals surface area contributed by atoms with Gasteiger partial charge < -0.3 is 31.7 Å². The number of hydrogen-bond acceptors (Lipinski definition) is 10. The molecule has 2 amide bonds. The number of carbonyl (C=O) groups excluding carboxylic acids is 4. The molecule has 6 N–H and O–H groups in total. The SMILES string of the molecule is CC1CC(=O)NC(S)=C1C#N.CC=O.CCC(=O)CSC1=C(C#N)C(C)CC(=O)N1.CN.[C-]#[N+]CC(N)=S. The normalized spacial score (nSPS) is 17.2. The Balaban J connectivity index is -0.000000482. The lowest BCUT2D eigenvalue weighted by Gasteiger charge is -2.21. The first-order valence-corrected chi connectivity index (χ1v) is 13.1. The number of thiol groups is 1. The number of aldehydes is 1. The molecule has 0 radical (unpaired) electrons. The van der Waals surface area contributed by atoms with Crippen LogP contribution < -0.4 is 22.1 Å². The van der Waals surface area contributed by atoms with E-state index in [0.29, 0.717) is 46.2 Å². The van der Waals surface area contributed by atoms with Crippen LogP contribution in [0.15, 0.2) is 21.2 Å². The molecule has 0 aromatic rings. The lowest BCUT2D eigenvalue weighted by Crippen LogP contribution is -2.30. The van der Waals surface area contributed by atoms with Crippen molar-refractivity contribution in [1.29, 1.82) is 10.5 Å². The van der Waals surface area contributed by atoms with Crippen LogP contribution in [-0.2, 0) is 19.2 Å². The molecule has 2 heterocycles. The third-order valence-corrected chi connectivity index (χ3v) is 5.79. The molecule has 2 atom stereocenters. The molecule has 11 nitrogen and oxygen atoms in total. The number of thiocarbonyl (C=S) groups is 1. The summed E-state index contributed by atoms with van der Waals surface area (Å²) in [6.45, 7) is 13.3. The van der Waals surface area contributed by atoms with Crippen molar-refractivity contribution in [3.8, 4) is 12.1 Å². The van der Waals surface area contributed by atoms with Gasteiger partial charge in [0.25, 0.3) is 6.54 Å². The Labute approximate surface area is 239 Å². The zero-order chi connectivity index (χ0) is 30.3. The summed E-state index contributed by atoms with van der Waals surface area (Å²) in [4.78, 5) is 45.3. The molecular weight excluding hydrogens is 547 g/mol. The molecule has 208 valence electrons. The molecule has 2 aliphatic heterocycles. The predicted octanol–water partition coefficient (Wildman–Crippen LogP) is 2.37. The highest BCUT2D eigenvalue weighted by Crippen LogP contribution is 2.28. The third-order valence-electron chi connectivity index (χ3n) is 4.23. The van der Waals surface area contributed by atoms with E-state index in [1.54, 1.807) is 6.92 Å². The minimum Gasteiger partial charge on any atom is -0.387 e. The molecule has 2 aliphatic rings. The Morgan fingerprint density at radius 1 is 1.18 bits per heavy atom. The number of ketones is 1. The Hall–Kier alpha value is -3.22. The molecule has 0 saturated carbocycles. The van der Waals surface area contributed by atoms with Crippen LogP contribution in [0, 0.1) is 41.1 Å². The van der Waals surface area contributed by atoms with E-state index in [0.717, 1.165) is 6.29 Å². The van der Waals surface area contributed by atoms with Crippen LogP contribution in [0.25, 0.3) is 4.85 Å². The van der Waals surface area contributed by atoms with E-state index >= 15 is 0 Å². The van der Waals surface area contributed by atoms with Gasteiger partial charge in [0.1, 0.15) is 12.1 Å². The summed E-state index contributed by atoms with van der Waals surface area (Å²) >= 11 is 9.58. The van der Waals surface area contributed by atoms with E-state index in [1.807, 2.05) is 19.9 Å². The van der Waals surface area contributed by atoms with Crippen molar-refractivity contribution < 1.29 is 19.2 Å². The van der Waals surface area contributed by atoms with Gasteiger partial charge in [-0.15, -0.1) is 12.6 Å². The molecule has 0 aromatic heterocycles. The van der Waals surface area contributed by atoms with Crippen molar-refractivity contribution in [2.24, 2.45) is 23.3 Å². The molecule has 0 fully saturated rings. The zero-order valence-corrected chi connectivity index (χ0v) is 24.7. The van der Waals surface area contributed by atoms with Gasteiger partial charge in [0.05, 0.1) is 39.1 Å². The highest BCUT2D eigenvalue weighted by molar-refractivity contribution is 8.03. The molecule has 0 bridgehead atoms. The first kappa shape index (κ1) is 39.3. The zero-order valence-electron chi connectivity index (χ0n) is 22.2. The van der Waals surface area contributed by atoms with Gasteiger partial charge in [-0.1, -0.05) is 44.8 Å². The second-order valence-electron chi connectivity index (χ2n) is 7.23. The maximum absolute atomic E-state index is 11.3. The van der Waals surface area contributed by atoms with E-state index < -0.39 is 0 Å². The fourth-order valence-corrected chi connectivity index (χ4v) is 4.04. The number of thioether (sulfide) groups is 1. The van der Waals surface area contributed by atoms with E-state index in [9.17, 15) is 14.4 Å². The predicted molar refractivity (Wildman–Crippen MR) is 156 cm³/mol. The second kappa shape index (κ2) is 24.1. The summed E-state index contributed by atoms with van der Waals surface area (Å²) in [5.41, 5.74) is 10.6. The van der Waals surface area contributed by atoms with E-state index in [1.165, 1.54) is 25.7 Å². The van der Waals surface area contributed by atoms with Crippen molar-refractivity contribution in [3.63, 3.8) is 0 Å². The van der Waals surface area contributed by atoms with Crippen LogP contribution in [-0.4, -0.2) is 48.2 Å². The fraction of sp³-hybridized carbons (Fsp3) is 0.500. The highest BCUT2D eigenvalue weighted by Gasteiger charge is 2.25. The van der Waals surface area contributed by atoms with Gasteiger partial charge in [-0.25, -0.2) is 6.57 Å². The Bertz CT molecular complexity index is 1020. The van der Waals surface area contributed by atoms with Gasteiger partial charge in [0, 0.05) is 31.1 Å². The summed E-state index contributed by atoms with van der Waals surface area (Å²) < 4.78 is 0. The second-order valence-corrected chi connectivity index (χ2v) is 9.19. The van der Waals surface area contributed by atoms with E-state index in [4.69, 9.17) is 27.6 Å². The van der Waals surface area contributed by atoms with Crippen LogP contribution in [0.4, 0.5) is 0 Å². The van der Waals surface area contributed by atoms with Crippen LogP contribution >= 0.6 is 36.6 Å². The minimum atomic E-state index is -0.0852. The van der Waals surface area contributed by atoms with Crippen molar-refractivity contribution in [2.45, 2.75) is 47.0 Å². The molecule has 14 heteroatoms. The summed E-state index contributed by atoms with van der Waals surface area (Å²) in [7, 11) is 1.50. The van der Waals surface area contributed by atoms with Gasteiger partial charge in [-0.2, -0.15) is 10.5 Å². The van der Waals surface area contributed by atoms with Gasteiger partial charge in [-0.05, 0) is 14.0 Å². The number of carbonyl (C=O) groups is 4. The maximum atomic E-state index is 11.3. The standard InChI is InChI=1S/C11H14N2O2S.C7H8N2OS.C3H4N2S.C2H4O.CH5N/c1-3-8(14)6-16-11-9(5-12)7(2)4-10(15)13-11;1-4-2-6(10)9-7(11)5(4)3-8;1-5-2-3(4)6;1-2-3;1-2/h7H,3-4,6H2,1-2H3,(H,13,15);4,11H,2H2,1H3,(H,9,10);2H2,(H2,4,6);2H,1H3;2H2,1H3. The number of nitrogens with zero attached hydrogens (tertiary/aromatic N) is 3. The summed E-state index contributed by atoms with van der Waals surface area (Å²) in [6, 6.07) is 4.11. The molecular formula is C24H35N7O4S3. The smallest absolute Gasteiger partial charge is 0.263 e. The van der Waals surface area contributed by atoms with Crippen molar-refractivity contribution in [3.05, 3.63) is 32.6 Å². The Morgan fingerprint density at radius 2 is 1.63 bits per heavy atom. The van der Waals surface area contributed by atoms with Gasteiger partial charge in [0.2, 0.25) is 11.8 Å². The molecule has 0 aromatic carbocycles. The number of Topliss-reactive ketones (excluding diaryl/α,β-unsaturated/α-hetero) is 1. The van der Waals surface area contributed by atoms with Gasteiger partial charge in [-0.3, -0.25) is 14.4 Å². The van der Waals surface area contributed by atoms with Crippen molar-refractivity contribution in [2.75, 3.05) is 19.3 Å². The fourth-order valence-electron chi connectivity index (χ4n) is 2.48. The van der Waals surface area contributed by atoms with Gasteiger partial charge >= 0.3 is 0 Å². The van der Waals surface area contributed by atoms with Crippen LogP contribution in [0.5, 0.6) is 0 Å². The molecule has 38 heavy (non-hydrogen) atoms. The molecule has 0 saturated heterocycles.